The molecule has 1 heterocycles. The summed E-state index contributed by atoms with van der Waals surface area (Å²) in [5, 5.41) is 2.68. The molecule has 7 nitrogen and oxygen atoms in total. The molecule has 0 aliphatic rings. The summed E-state index contributed by atoms with van der Waals surface area (Å²) in [4.78, 5) is 36.3. The van der Waals surface area contributed by atoms with Crippen LogP contribution in [0.25, 0.3) is 17.0 Å². The standard InChI is InChI=1S/C21H17NO6/c1-26-15-7-3-13(4-8-15)5-10-19(23)22-20(24)17-11-14-6-9-16(27-2)12-18(14)28-21(17)25/h3-12H,1-2H3,(H,22,23,24). The fraction of sp³-hybridized carbons (Fsp3) is 0.0952. The average Bonchev–Trinajstić information content (AvgIpc) is 2.71. The smallest absolute Gasteiger partial charge is 0.349 e. The minimum absolute atomic E-state index is 0.260. The topological polar surface area (TPSA) is 94.8 Å². The molecule has 0 aliphatic carbocycles. The highest BCUT2D eigenvalue weighted by Crippen LogP contribution is 2.20. The van der Waals surface area contributed by atoms with Crippen molar-refractivity contribution in [2.75, 3.05) is 14.2 Å². The predicted molar refractivity (Wildman–Crippen MR) is 104 cm³/mol. The van der Waals surface area contributed by atoms with Gasteiger partial charge in [0.25, 0.3) is 11.8 Å². The van der Waals surface area contributed by atoms with E-state index < -0.39 is 17.4 Å². The second-order valence-corrected chi connectivity index (χ2v) is 5.78. The van der Waals surface area contributed by atoms with Gasteiger partial charge in [-0.25, -0.2) is 4.79 Å². The molecule has 0 atom stereocenters. The van der Waals surface area contributed by atoms with Crippen molar-refractivity contribution in [3.05, 3.63) is 76.2 Å². The van der Waals surface area contributed by atoms with E-state index in [9.17, 15) is 14.4 Å². The molecule has 0 aliphatic heterocycles. The summed E-state index contributed by atoms with van der Waals surface area (Å²) in [5.41, 5.74) is -0.0664. The van der Waals surface area contributed by atoms with Gasteiger partial charge in [-0.2, -0.15) is 0 Å². The third kappa shape index (κ3) is 4.27. The van der Waals surface area contributed by atoms with Crippen LogP contribution in [0.2, 0.25) is 0 Å². The highest BCUT2D eigenvalue weighted by Gasteiger charge is 2.15. The minimum atomic E-state index is -0.842. The third-order valence-corrected chi connectivity index (χ3v) is 3.97. The van der Waals surface area contributed by atoms with E-state index in [0.717, 1.165) is 5.56 Å². The van der Waals surface area contributed by atoms with E-state index in [4.69, 9.17) is 13.9 Å². The van der Waals surface area contributed by atoms with Gasteiger partial charge in [-0.3, -0.25) is 14.9 Å². The summed E-state index contributed by atoms with van der Waals surface area (Å²) in [6.45, 7) is 0. The first kappa shape index (κ1) is 18.9. The van der Waals surface area contributed by atoms with Gasteiger partial charge in [0.2, 0.25) is 0 Å². The molecule has 0 spiro atoms. The number of benzene rings is 2. The number of amides is 2. The number of carbonyl (C=O) groups is 2. The van der Waals surface area contributed by atoms with E-state index in [1.807, 2.05) is 0 Å². The van der Waals surface area contributed by atoms with Crippen molar-refractivity contribution in [3.63, 3.8) is 0 Å². The normalized spacial score (nSPS) is 10.8. The van der Waals surface area contributed by atoms with Crippen LogP contribution >= 0.6 is 0 Å². The van der Waals surface area contributed by atoms with Crippen LogP contribution < -0.4 is 20.4 Å². The molecule has 0 unspecified atom stereocenters. The lowest BCUT2D eigenvalue weighted by Gasteiger charge is -2.04. The maximum atomic E-state index is 12.3. The number of hydrogen-bond acceptors (Lipinski definition) is 6. The Bertz CT molecular complexity index is 1110. The molecule has 2 amide bonds. The highest BCUT2D eigenvalue weighted by molar-refractivity contribution is 6.09. The lowest BCUT2D eigenvalue weighted by molar-refractivity contribution is -0.115. The van der Waals surface area contributed by atoms with Crippen LogP contribution in [0.3, 0.4) is 0 Å². The Morgan fingerprint density at radius 1 is 0.964 bits per heavy atom. The molecule has 0 saturated carbocycles. The molecule has 1 aromatic heterocycles. The molecular weight excluding hydrogens is 362 g/mol. The first-order chi connectivity index (χ1) is 13.5. The van der Waals surface area contributed by atoms with E-state index in [0.29, 0.717) is 16.9 Å². The molecule has 7 heteroatoms. The van der Waals surface area contributed by atoms with Gasteiger partial charge in [0.05, 0.1) is 14.2 Å². The largest absolute Gasteiger partial charge is 0.497 e. The fourth-order valence-electron chi connectivity index (χ4n) is 2.48. The van der Waals surface area contributed by atoms with Crippen molar-refractivity contribution in [1.29, 1.82) is 0 Å². The van der Waals surface area contributed by atoms with E-state index >= 15 is 0 Å². The van der Waals surface area contributed by atoms with Gasteiger partial charge >= 0.3 is 5.63 Å². The van der Waals surface area contributed by atoms with Crippen LogP contribution in [0.5, 0.6) is 11.5 Å². The molecule has 0 radical (unpaired) electrons. The first-order valence-electron chi connectivity index (χ1n) is 8.29. The van der Waals surface area contributed by atoms with Crippen molar-refractivity contribution in [2.45, 2.75) is 0 Å². The van der Waals surface area contributed by atoms with Gasteiger partial charge < -0.3 is 13.9 Å². The number of carbonyl (C=O) groups excluding carboxylic acids is 2. The van der Waals surface area contributed by atoms with E-state index in [-0.39, 0.29) is 11.1 Å². The third-order valence-electron chi connectivity index (χ3n) is 3.97. The Hall–Kier alpha value is -3.87. The molecule has 0 fully saturated rings. The SMILES string of the molecule is COc1ccc(C=CC(=O)NC(=O)c2cc3ccc(OC)cc3oc2=O)cc1. The Balaban J connectivity index is 1.74. The fourth-order valence-corrected chi connectivity index (χ4v) is 2.48. The Morgan fingerprint density at radius 2 is 1.64 bits per heavy atom. The Morgan fingerprint density at radius 3 is 2.32 bits per heavy atom. The molecular formula is C21H17NO6. The van der Waals surface area contributed by atoms with E-state index in [1.165, 1.54) is 25.3 Å². The molecule has 142 valence electrons. The highest BCUT2D eigenvalue weighted by atomic mass is 16.5. The summed E-state index contributed by atoms with van der Waals surface area (Å²) in [5.74, 6) is -0.282. The van der Waals surface area contributed by atoms with Crippen LogP contribution in [-0.4, -0.2) is 26.0 Å². The Labute approximate surface area is 160 Å². The number of rotatable bonds is 5. The molecule has 3 rings (SSSR count). The molecule has 0 bridgehead atoms. The number of fused-ring (bicyclic) bond motifs is 1. The number of methoxy groups -OCH3 is 2. The van der Waals surface area contributed by atoms with Crippen molar-refractivity contribution < 1.29 is 23.5 Å². The zero-order valence-corrected chi connectivity index (χ0v) is 15.2. The van der Waals surface area contributed by atoms with Gasteiger partial charge in [0.15, 0.2) is 0 Å². The zero-order chi connectivity index (χ0) is 20.1. The van der Waals surface area contributed by atoms with Crippen LogP contribution in [0.1, 0.15) is 15.9 Å². The predicted octanol–water partition coefficient (Wildman–Crippen LogP) is 2.78. The summed E-state index contributed by atoms with van der Waals surface area (Å²) >= 11 is 0. The average molecular weight is 379 g/mol. The number of nitrogens with one attached hydrogen (secondary N) is 1. The minimum Gasteiger partial charge on any atom is -0.497 e. The first-order valence-corrected chi connectivity index (χ1v) is 8.29. The van der Waals surface area contributed by atoms with Gasteiger partial charge in [0, 0.05) is 17.5 Å². The monoisotopic (exact) mass is 379 g/mol. The van der Waals surface area contributed by atoms with Crippen molar-refractivity contribution in [3.8, 4) is 11.5 Å². The van der Waals surface area contributed by atoms with Crippen molar-refractivity contribution >= 4 is 28.9 Å². The Kier molecular flexibility index (Phi) is 5.55. The van der Waals surface area contributed by atoms with Crippen molar-refractivity contribution in [1.82, 2.24) is 5.32 Å². The lowest BCUT2D eigenvalue weighted by atomic mass is 10.1. The van der Waals surface area contributed by atoms with Gasteiger partial charge in [-0.15, -0.1) is 0 Å². The van der Waals surface area contributed by atoms with Gasteiger partial charge in [-0.05, 0) is 42.0 Å². The number of hydrogen-bond donors (Lipinski definition) is 1. The summed E-state index contributed by atoms with van der Waals surface area (Å²) in [6, 6.07) is 13.3. The summed E-state index contributed by atoms with van der Waals surface area (Å²) in [7, 11) is 3.05. The quantitative estimate of drug-likeness (QED) is 0.541. The zero-order valence-electron chi connectivity index (χ0n) is 15.2. The maximum Gasteiger partial charge on any atom is 0.349 e. The molecule has 1 N–H and O–H groups in total. The molecule has 28 heavy (non-hydrogen) atoms. The van der Waals surface area contributed by atoms with Crippen LogP contribution in [0, 0.1) is 0 Å². The van der Waals surface area contributed by atoms with Crippen LogP contribution in [0.15, 0.2) is 63.8 Å². The van der Waals surface area contributed by atoms with E-state index in [1.54, 1.807) is 49.6 Å². The lowest BCUT2D eigenvalue weighted by Crippen LogP contribution is -2.32. The summed E-state index contributed by atoms with van der Waals surface area (Å²) in [6.07, 6.45) is 2.74. The van der Waals surface area contributed by atoms with Crippen LogP contribution in [0.4, 0.5) is 0 Å². The number of ether oxygens (including phenoxy) is 2. The molecule has 0 saturated heterocycles. The second-order valence-electron chi connectivity index (χ2n) is 5.78. The van der Waals surface area contributed by atoms with Crippen molar-refractivity contribution in [2.24, 2.45) is 0 Å². The van der Waals surface area contributed by atoms with Gasteiger partial charge in [0.1, 0.15) is 22.6 Å². The maximum absolute atomic E-state index is 12.3. The summed E-state index contributed by atoms with van der Waals surface area (Å²) < 4.78 is 15.3. The van der Waals surface area contributed by atoms with E-state index in [2.05, 4.69) is 5.32 Å². The molecule has 2 aromatic carbocycles. The molecule has 3 aromatic rings. The van der Waals surface area contributed by atoms with Gasteiger partial charge in [-0.1, -0.05) is 12.1 Å². The second kappa shape index (κ2) is 8.22. The van der Waals surface area contributed by atoms with Crippen LogP contribution in [-0.2, 0) is 4.79 Å². The number of imide groups is 1.